The fourth-order valence-corrected chi connectivity index (χ4v) is 2.80. The Labute approximate surface area is 414 Å². The first-order valence-electron chi connectivity index (χ1n) is 10.7. The number of hydrogen-bond donors (Lipinski definition) is 8. The van der Waals surface area contributed by atoms with Crippen LogP contribution in [0.2, 0.25) is 0 Å². The van der Waals surface area contributed by atoms with E-state index in [4.69, 9.17) is 52.3 Å². The molecule has 0 bridgehead atoms. The summed E-state index contributed by atoms with van der Waals surface area (Å²) >= 11 is 5.30. The van der Waals surface area contributed by atoms with Gasteiger partial charge >= 0.3 is 212 Å². The van der Waals surface area contributed by atoms with E-state index in [9.17, 15) is 4.79 Å². The quantitative estimate of drug-likeness (QED) is 0.0825. The number of ether oxygens (including phenoxy) is 2. The Morgan fingerprint density at radius 2 is 1.15 bits per heavy atom. The average Bonchev–Trinajstić information content (AvgIpc) is 2.85. The van der Waals surface area contributed by atoms with E-state index in [1.54, 1.807) is 0 Å². The van der Waals surface area contributed by atoms with Gasteiger partial charge in [-0.15, -0.1) is 0 Å². The van der Waals surface area contributed by atoms with Gasteiger partial charge in [0.25, 0.3) is 0 Å². The maximum atomic E-state index is 10.1. The van der Waals surface area contributed by atoms with Crippen LogP contribution in [0, 0.1) is 0 Å². The number of hydrogen-bond acceptors (Lipinski definition) is 9. The first-order chi connectivity index (χ1) is 16.6. The van der Waals surface area contributed by atoms with Crippen molar-refractivity contribution < 1.29 is 261 Å². The molecule has 4 atom stereocenters. The topological polar surface area (TPSA) is 181 Å². The summed E-state index contributed by atoms with van der Waals surface area (Å²) in [5, 5.41) is 58.6. The van der Waals surface area contributed by atoms with Crippen LogP contribution in [-0.2, 0) is 4.79 Å². The predicted octanol–water partition coefficient (Wildman–Crippen LogP) is -10.6. The fourth-order valence-electron chi connectivity index (χ4n) is 2.56. The van der Waals surface area contributed by atoms with Crippen LogP contribution in [0.1, 0.15) is 19.6 Å². The molecule has 0 aromatic heterocycles. The number of aliphatic carboxylic acids is 1. The van der Waals surface area contributed by atoms with Crippen molar-refractivity contribution in [3.63, 3.8) is 0 Å². The third-order valence-electron chi connectivity index (χ3n) is 4.35. The molecule has 8 N–H and O–H groups in total. The van der Waals surface area contributed by atoms with Gasteiger partial charge < -0.3 is 56.5 Å². The largest absolute Gasteiger partial charge is 1.00 e. The van der Waals surface area contributed by atoms with Gasteiger partial charge in [0.2, 0.25) is 0 Å². The molecule has 0 heterocycles. The number of rotatable bonds is 11. The SMILES string of the molecule is CCOc1ccc(NC(=S)Nc2ccc(OCC)cc2)cc1.F.O=C(O)[C@H](O)[C@@H](O)[C@H](O)[C@H](O)CO.[H-].[H-].[H-].[H-].[K+].[K+].[K+].[K+]. The van der Waals surface area contributed by atoms with Crippen LogP contribution < -0.4 is 226 Å². The number of aliphatic hydroxyl groups is 5. The molecule has 0 unspecified atom stereocenters. The van der Waals surface area contributed by atoms with E-state index in [0.717, 1.165) is 22.9 Å². The van der Waals surface area contributed by atoms with Gasteiger partial charge in [-0.1, -0.05) is 0 Å². The van der Waals surface area contributed by atoms with Crippen molar-refractivity contribution in [3.05, 3.63) is 48.5 Å². The van der Waals surface area contributed by atoms with Crippen LogP contribution in [-0.4, -0.2) is 86.0 Å². The molecule has 40 heavy (non-hydrogen) atoms. The fraction of sp³-hybridized carbons (Fsp3) is 0.391. The number of carbonyl (C=O) groups is 1. The van der Waals surface area contributed by atoms with E-state index in [0.29, 0.717) is 18.3 Å². The third kappa shape index (κ3) is 22.1. The zero-order valence-corrected chi connectivity index (χ0v) is 37.1. The van der Waals surface area contributed by atoms with Gasteiger partial charge in [-0.2, -0.15) is 0 Å². The Hall–Kier alpha value is 3.48. The molecule has 2 aromatic rings. The van der Waals surface area contributed by atoms with Crippen LogP contribution >= 0.6 is 12.2 Å². The molecule has 0 aliphatic rings. The maximum absolute atomic E-state index is 10.1. The normalized spacial score (nSPS) is 12.1. The number of halogens is 1. The summed E-state index contributed by atoms with van der Waals surface area (Å²) < 4.78 is 10.8. The maximum Gasteiger partial charge on any atom is 1.00 e. The smallest absolute Gasteiger partial charge is 1.00 e. The molecule has 210 valence electrons. The van der Waals surface area contributed by atoms with Crippen molar-refractivity contribution in [1.82, 2.24) is 0 Å². The van der Waals surface area contributed by atoms with E-state index >= 15 is 0 Å². The molecular formula is C23H37FK4N2O9S. The van der Waals surface area contributed by atoms with Crippen LogP contribution in [0.15, 0.2) is 48.5 Å². The summed E-state index contributed by atoms with van der Waals surface area (Å²) in [6.45, 7) is 4.39. The zero-order valence-electron chi connectivity index (χ0n) is 27.8. The Kier molecular flexibility index (Phi) is 41.2. The van der Waals surface area contributed by atoms with Crippen LogP contribution in [0.25, 0.3) is 0 Å². The Morgan fingerprint density at radius 1 is 0.800 bits per heavy atom. The minimum atomic E-state index is -2.20. The first kappa shape index (κ1) is 53.0. The molecular weight excluding hydrogens is 656 g/mol. The summed E-state index contributed by atoms with van der Waals surface area (Å²) in [4.78, 5) is 10.1. The zero-order chi connectivity index (χ0) is 26.4. The standard InChI is InChI=1S/C17H20N2O2S.C6H12O7.FH.4K.4H/c1-3-20-15-9-5-13(6-10-15)18-17(22)19-14-7-11-16(12-8-14)21-4-2;7-1-2(8)3(9)4(10)5(11)6(12)13;;;;;;;;;/h5-12H,3-4H2,1-2H3,(H2,18,19,22);2-5,7-11H,1H2,(H,12,13);1H;;;;;;;;/q;;;4*+1;4*-1/t;2-,3-,4+,5-;;;;;;;;;/m.1........./s1. The number of benzene rings is 2. The van der Waals surface area contributed by atoms with Crippen molar-refractivity contribution in [2.24, 2.45) is 0 Å². The van der Waals surface area contributed by atoms with Crippen molar-refractivity contribution in [3.8, 4) is 11.5 Å². The van der Waals surface area contributed by atoms with Gasteiger partial charge in [0.15, 0.2) is 11.2 Å². The van der Waals surface area contributed by atoms with Crippen LogP contribution in [0.3, 0.4) is 0 Å². The number of thiocarbonyl (C=S) groups is 1. The minimum absolute atomic E-state index is 0. The molecule has 2 rings (SSSR count). The molecule has 17 heteroatoms. The van der Waals surface area contributed by atoms with Crippen molar-refractivity contribution in [1.29, 1.82) is 0 Å². The minimum Gasteiger partial charge on any atom is -1.00 e. The third-order valence-corrected chi connectivity index (χ3v) is 4.56. The van der Waals surface area contributed by atoms with Gasteiger partial charge in [-0.05, 0) is 74.6 Å². The van der Waals surface area contributed by atoms with E-state index < -0.39 is 37.0 Å². The summed E-state index contributed by atoms with van der Waals surface area (Å²) in [6, 6.07) is 15.3. The molecule has 0 saturated carbocycles. The van der Waals surface area contributed by atoms with Crippen molar-refractivity contribution >= 4 is 34.7 Å². The average molecular weight is 693 g/mol. The number of anilines is 2. The van der Waals surface area contributed by atoms with Crippen LogP contribution in [0.4, 0.5) is 16.1 Å². The second kappa shape index (κ2) is 31.1. The second-order valence-electron chi connectivity index (χ2n) is 7.01. The van der Waals surface area contributed by atoms with E-state index in [2.05, 4.69) is 10.6 Å². The number of nitrogens with one attached hydrogen (secondary N) is 2. The molecule has 0 aliphatic carbocycles. The Balaban J connectivity index is -0.0000000716. The molecule has 2 aromatic carbocycles. The van der Waals surface area contributed by atoms with E-state index in [1.807, 2.05) is 62.4 Å². The second-order valence-corrected chi connectivity index (χ2v) is 7.42. The number of carboxylic acids is 1. The molecule has 0 aliphatic heterocycles. The summed E-state index contributed by atoms with van der Waals surface area (Å²) in [7, 11) is 0. The Morgan fingerprint density at radius 3 is 1.43 bits per heavy atom. The van der Waals surface area contributed by atoms with E-state index in [1.165, 1.54) is 0 Å². The van der Waals surface area contributed by atoms with Gasteiger partial charge in [0.1, 0.15) is 29.8 Å². The van der Waals surface area contributed by atoms with Crippen LogP contribution in [0.5, 0.6) is 11.5 Å². The molecule has 0 radical (unpaired) electrons. The molecule has 11 nitrogen and oxygen atoms in total. The van der Waals surface area contributed by atoms with E-state index in [-0.39, 0.29) is 216 Å². The predicted molar refractivity (Wildman–Crippen MR) is 141 cm³/mol. The molecule has 0 saturated heterocycles. The van der Waals surface area contributed by atoms with Gasteiger partial charge in [0.05, 0.1) is 19.8 Å². The summed E-state index contributed by atoms with van der Waals surface area (Å²) in [6.07, 6.45) is -7.84. The van der Waals surface area contributed by atoms with Gasteiger partial charge in [-0.3, -0.25) is 4.70 Å². The number of aliphatic hydroxyl groups excluding tert-OH is 5. The summed E-state index contributed by atoms with van der Waals surface area (Å²) in [5.74, 6) is -0.0337. The Bertz CT molecular complexity index is 888. The molecule has 0 amide bonds. The van der Waals surface area contributed by atoms with Gasteiger partial charge in [0, 0.05) is 11.4 Å². The number of carboxylic acid groups (broad SMARTS) is 1. The first-order valence-corrected chi connectivity index (χ1v) is 11.1. The monoisotopic (exact) mass is 692 g/mol. The van der Waals surface area contributed by atoms with Crippen molar-refractivity contribution in [2.75, 3.05) is 30.5 Å². The van der Waals surface area contributed by atoms with Crippen molar-refractivity contribution in [2.45, 2.75) is 38.3 Å². The van der Waals surface area contributed by atoms with Gasteiger partial charge in [-0.25, -0.2) is 4.79 Å². The molecule has 0 fully saturated rings. The summed E-state index contributed by atoms with van der Waals surface area (Å²) in [5.41, 5.74) is 1.82. The molecule has 0 spiro atoms.